The molecule has 0 aliphatic carbocycles. The van der Waals surface area contributed by atoms with E-state index < -0.39 is 6.09 Å². The van der Waals surface area contributed by atoms with Crippen LogP contribution in [0.5, 0.6) is 0 Å². The van der Waals surface area contributed by atoms with Crippen molar-refractivity contribution >= 4 is 11.8 Å². The molecule has 15 heavy (non-hydrogen) atoms. The lowest BCUT2D eigenvalue weighted by atomic mass is 9.87. The third kappa shape index (κ3) is 3.27. The van der Waals surface area contributed by atoms with Crippen molar-refractivity contribution in [2.45, 2.75) is 26.2 Å². The second-order valence-corrected chi connectivity index (χ2v) is 4.38. The molecule has 81 valence electrons. The van der Waals surface area contributed by atoms with Gasteiger partial charge in [0.25, 0.3) is 0 Å². The SMILES string of the molecule is [CH2]OC(=O)Nc1ccc(C(C)(C)C)cc1. The molecule has 0 saturated carbocycles. The lowest BCUT2D eigenvalue weighted by Gasteiger charge is -2.19. The zero-order valence-electron chi connectivity index (χ0n) is 9.33. The van der Waals surface area contributed by atoms with Crippen molar-refractivity contribution in [3.05, 3.63) is 36.9 Å². The maximum atomic E-state index is 10.9. The average Bonchev–Trinajstić information content (AvgIpc) is 2.17. The Morgan fingerprint density at radius 2 is 1.80 bits per heavy atom. The summed E-state index contributed by atoms with van der Waals surface area (Å²) in [5.74, 6) is 0. The minimum atomic E-state index is -0.557. The Bertz CT molecular complexity index is 336. The quantitative estimate of drug-likeness (QED) is 0.765. The highest BCUT2D eigenvalue weighted by molar-refractivity contribution is 5.84. The van der Waals surface area contributed by atoms with Crippen molar-refractivity contribution in [2.24, 2.45) is 0 Å². The predicted molar refractivity (Wildman–Crippen MR) is 60.6 cm³/mol. The first-order chi connectivity index (χ1) is 6.93. The van der Waals surface area contributed by atoms with Crippen molar-refractivity contribution in [1.29, 1.82) is 0 Å². The third-order valence-electron chi connectivity index (χ3n) is 2.13. The van der Waals surface area contributed by atoms with Crippen molar-refractivity contribution in [1.82, 2.24) is 0 Å². The van der Waals surface area contributed by atoms with Gasteiger partial charge in [-0.1, -0.05) is 32.9 Å². The van der Waals surface area contributed by atoms with Crippen molar-refractivity contribution in [3.8, 4) is 0 Å². The molecule has 1 rings (SSSR count). The lowest BCUT2D eigenvalue weighted by molar-refractivity contribution is 0.199. The molecule has 0 unspecified atom stereocenters. The van der Waals surface area contributed by atoms with Gasteiger partial charge in [0.15, 0.2) is 0 Å². The van der Waals surface area contributed by atoms with E-state index in [-0.39, 0.29) is 5.41 Å². The average molecular weight is 206 g/mol. The largest absolute Gasteiger partial charge is 0.446 e. The summed E-state index contributed by atoms with van der Waals surface area (Å²) in [6, 6.07) is 7.66. The van der Waals surface area contributed by atoms with Gasteiger partial charge >= 0.3 is 6.09 Å². The fourth-order valence-corrected chi connectivity index (χ4v) is 1.21. The Morgan fingerprint density at radius 3 is 2.20 bits per heavy atom. The summed E-state index contributed by atoms with van der Waals surface area (Å²) < 4.78 is 4.25. The Labute approximate surface area is 90.4 Å². The molecule has 0 aromatic heterocycles. The van der Waals surface area contributed by atoms with E-state index in [1.807, 2.05) is 24.3 Å². The van der Waals surface area contributed by atoms with Gasteiger partial charge in [-0.15, -0.1) is 0 Å². The van der Waals surface area contributed by atoms with Crippen LogP contribution in [0.2, 0.25) is 0 Å². The Morgan fingerprint density at radius 1 is 1.27 bits per heavy atom. The highest BCUT2D eigenvalue weighted by Gasteiger charge is 2.12. The zero-order valence-corrected chi connectivity index (χ0v) is 9.33. The molecule has 0 fully saturated rings. The fraction of sp³-hybridized carbons (Fsp3) is 0.333. The second kappa shape index (κ2) is 4.34. The molecule has 1 radical (unpaired) electrons. The van der Waals surface area contributed by atoms with Crippen LogP contribution in [-0.4, -0.2) is 6.09 Å². The van der Waals surface area contributed by atoms with Crippen LogP contribution in [0.1, 0.15) is 26.3 Å². The van der Waals surface area contributed by atoms with Gasteiger partial charge < -0.3 is 4.74 Å². The van der Waals surface area contributed by atoms with Crippen LogP contribution in [0.15, 0.2) is 24.3 Å². The number of amides is 1. The summed E-state index contributed by atoms with van der Waals surface area (Å²) in [7, 11) is 3.03. The van der Waals surface area contributed by atoms with Crippen molar-refractivity contribution in [3.63, 3.8) is 0 Å². The van der Waals surface area contributed by atoms with Gasteiger partial charge in [0, 0.05) is 5.69 Å². The number of carbonyl (C=O) groups excluding carboxylic acids is 1. The maximum Gasteiger partial charge on any atom is 0.411 e. The third-order valence-corrected chi connectivity index (χ3v) is 2.13. The molecular weight excluding hydrogens is 190 g/mol. The molecule has 1 N–H and O–H groups in total. The topological polar surface area (TPSA) is 38.3 Å². The minimum absolute atomic E-state index is 0.116. The molecule has 0 atom stereocenters. The van der Waals surface area contributed by atoms with Crippen molar-refractivity contribution < 1.29 is 9.53 Å². The van der Waals surface area contributed by atoms with Gasteiger partial charge in [0.1, 0.15) is 7.11 Å². The van der Waals surface area contributed by atoms with Gasteiger partial charge in [-0.2, -0.15) is 0 Å². The maximum absolute atomic E-state index is 10.9. The summed E-state index contributed by atoms with van der Waals surface area (Å²) in [5, 5.41) is 2.55. The number of ether oxygens (including phenoxy) is 1. The molecule has 0 bridgehead atoms. The van der Waals surface area contributed by atoms with Crippen LogP contribution in [-0.2, 0) is 10.2 Å². The minimum Gasteiger partial charge on any atom is -0.446 e. The van der Waals surface area contributed by atoms with Gasteiger partial charge in [0.05, 0.1) is 0 Å². The number of anilines is 1. The monoisotopic (exact) mass is 206 g/mol. The second-order valence-electron chi connectivity index (χ2n) is 4.38. The smallest absolute Gasteiger partial charge is 0.411 e. The molecule has 1 aromatic carbocycles. The molecule has 0 saturated heterocycles. The number of carbonyl (C=O) groups is 1. The molecule has 3 nitrogen and oxygen atoms in total. The first-order valence-corrected chi connectivity index (χ1v) is 4.77. The molecule has 1 amide bonds. The van der Waals surface area contributed by atoms with Gasteiger partial charge in [0.2, 0.25) is 0 Å². The summed E-state index contributed by atoms with van der Waals surface area (Å²) in [6.07, 6.45) is -0.557. The van der Waals surface area contributed by atoms with E-state index in [0.717, 1.165) is 0 Å². The number of hydrogen-bond acceptors (Lipinski definition) is 2. The van der Waals surface area contributed by atoms with E-state index in [0.29, 0.717) is 5.69 Å². The summed E-state index contributed by atoms with van der Waals surface area (Å²) in [4.78, 5) is 10.9. The molecule has 0 spiro atoms. The number of nitrogens with one attached hydrogen (secondary N) is 1. The molecule has 0 aliphatic rings. The number of hydrogen-bond donors (Lipinski definition) is 1. The van der Waals surface area contributed by atoms with E-state index in [2.05, 4.69) is 37.9 Å². The van der Waals surface area contributed by atoms with Crippen LogP contribution in [0.3, 0.4) is 0 Å². The Hall–Kier alpha value is -1.51. The summed E-state index contributed by atoms with van der Waals surface area (Å²) in [6.45, 7) is 6.42. The van der Waals surface area contributed by atoms with Crippen LogP contribution in [0.25, 0.3) is 0 Å². The van der Waals surface area contributed by atoms with Gasteiger partial charge in [-0.3, -0.25) is 5.32 Å². The lowest BCUT2D eigenvalue weighted by Crippen LogP contribution is -2.12. The highest BCUT2D eigenvalue weighted by atomic mass is 16.5. The van der Waals surface area contributed by atoms with E-state index in [1.165, 1.54) is 5.56 Å². The summed E-state index contributed by atoms with van der Waals surface area (Å²) >= 11 is 0. The number of rotatable bonds is 1. The standard InChI is InChI=1S/C12H16NO2/c1-12(2,3)9-5-7-10(8-6-9)13-11(14)15-4/h5-8H,4H2,1-3H3,(H,13,14). The molecule has 0 heterocycles. The van der Waals surface area contributed by atoms with Crippen LogP contribution in [0, 0.1) is 7.11 Å². The van der Waals surface area contributed by atoms with E-state index in [4.69, 9.17) is 0 Å². The van der Waals surface area contributed by atoms with E-state index in [9.17, 15) is 4.79 Å². The van der Waals surface area contributed by atoms with Gasteiger partial charge in [-0.05, 0) is 23.1 Å². The van der Waals surface area contributed by atoms with Crippen molar-refractivity contribution in [2.75, 3.05) is 5.32 Å². The Kier molecular flexibility index (Phi) is 3.35. The van der Waals surface area contributed by atoms with E-state index in [1.54, 1.807) is 0 Å². The highest BCUT2D eigenvalue weighted by Crippen LogP contribution is 2.23. The van der Waals surface area contributed by atoms with Crippen LogP contribution < -0.4 is 5.32 Å². The first kappa shape index (κ1) is 11.6. The zero-order chi connectivity index (χ0) is 11.5. The predicted octanol–water partition coefficient (Wildman–Crippen LogP) is 3.32. The summed E-state index contributed by atoms with van der Waals surface area (Å²) in [5.41, 5.74) is 2.04. The fourth-order valence-electron chi connectivity index (χ4n) is 1.21. The normalized spacial score (nSPS) is 10.9. The van der Waals surface area contributed by atoms with Crippen LogP contribution >= 0.6 is 0 Å². The van der Waals surface area contributed by atoms with Gasteiger partial charge in [-0.25, -0.2) is 4.79 Å². The molecular formula is C12H16NO2. The van der Waals surface area contributed by atoms with Crippen LogP contribution in [0.4, 0.5) is 10.5 Å². The molecule has 0 aliphatic heterocycles. The molecule has 3 heteroatoms. The molecule has 1 aromatic rings. The Balaban J connectivity index is 2.77. The first-order valence-electron chi connectivity index (χ1n) is 4.77. The van der Waals surface area contributed by atoms with E-state index >= 15 is 0 Å². The number of benzene rings is 1.